The number of hydrogen-bond acceptors (Lipinski definition) is 6. The van der Waals surface area contributed by atoms with Crippen molar-refractivity contribution in [2.75, 3.05) is 48.8 Å². The van der Waals surface area contributed by atoms with Crippen LogP contribution in [0.25, 0.3) is 21.3 Å². The molecule has 0 aliphatic carbocycles. The largest absolute Gasteiger partial charge is 0.465 e. The molecule has 2 aromatic heterocycles. The van der Waals surface area contributed by atoms with Crippen LogP contribution < -0.4 is 15.5 Å². The summed E-state index contributed by atoms with van der Waals surface area (Å²) >= 11 is 1.57. The van der Waals surface area contributed by atoms with E-state index in [-0.39, 0.29) is 5.91 Å². The Labute approximate surface area is 206 Å². The first-order valence-corrected chi connectivity index (χ1v) is 12.2. The Morgan fingerprint density at radius 3 is 2.54 bits per heavy atom. The van der Waals surface area contributed by atoms with Crippen molar-refractivity contribution in [3.05, 3.63) is 71.7 Å². The smallest absolute Gasteiger partial charge is 0.409 e. The summed E-state index contributed by atoms with van der Waals surface area (Å²) in [4.78, 5) is 34.6. The SMILES string of the molecule is CN1CCN(c2ccc3cc(C(=O)Nc4cc(-c5cccs5)ccc4NC(=O)O)cnc3c2)CC1. The Kier molecular flexibility index (Phi) is 6.35. The summed E-state index contributed by atoms with van der Waals surface area (Å²) in [5, 5.41) is 17.2. The second kappa shape index (κ2) is 9.73. The van der Waals surface area contributed by atoms with Crippen molar-refractivity contribution in [2.24, 2.45) is 0 Å². The van der Waals surface area contributed by atoms with Gasteiger partial charge < -0.3 is 20.2 Å². The second-order valence-electron chi connectivity index (χ2n) is 8.51. The number of rotatable bonds is 5. The van der Waals surface area contributed by atoms with E-state index in [1.54, 1.807) is 35.7 Å². The van der Waals surface area contributed by atoms with Gasteiger partial charge in [0.2, 0.25) is 0 Å². The highest BCUT2D eigenvalue weighted by atomic mass is 32.1. The molecule has 0 bridgehead atoms. The molecule has 3 N–H and O–H groups in total. The normalized spacial score (nSPS) is 14.1. The lowest BCUT2D eigenvalue weighted by Gasteiger charge is -2.34. The van der Waals surface area contributed by atoms with Crippen LogP contribution in [-0.2, 0) is 0 Å². The predicted molar refractivity (Wildman–Crippen MR) is 141 cm³/mol. The van der Waals surface area contributed by atoms with E-state index >= 15 is 0 Å². The van der Waals surface area contributed by atoms with E-state index in [4.69, 9.17) is 0 Å². The number of hydrogen-bond donors (Lipinski definition) is 3. The zero-order chi connectivity index (χ0) is 24.4. The lowest BCUT2D eigenvalue weighted by Crippen LogP contribution is -2.44. The molecular formula is C26H25N5O3S. The summed E-state index contributed by atoms with van der Waals surface area (Å²) < 4.78 is 0. The number of fused-ring (bicyclic) bond motifs is 1. The first-order chi connectivity index (χ1) is 17.0. The highest BCUT2D eigenvalue weighted by Gasteiger charge is 2.16. The number of amides is 2. The van der Waals surface area contributed by atoms with Gasteiger partial charge in [-0.25, -0.2) is 4.79 Å². The number of aromatic nitrogens is 1. The Morgan fingerprint density at radius 2 is 1.80 bits per heavy atom. The Balaban J connectivity index is 1.39. The number of anilines is 3. The van der Waals surface area contributed by atoms with Crippen LogP contribution in [0.15, 0.2) is 66.2 Å². The molecule has 5 rings (SSSR count). The maximum atomic E-state index is 13.1. The van der Waals surface area contributed by atoms with Gasteiger partial charge >= 0.3 is 6.09 Å². The third kappa shape index (κ3) is 5.11. The second-order valence-corrected chi connectivity index (χ2v) is 9.46. The van der Waals surface area contributed by atoms with Crippen molar-refractivity contribution < 1.29 is 14.7 Å². The summed E-state index contributed by atoms with van der Waals surface area (Å²) in [6.45, 7) is 3.99. The minimum absolute atomic E-state index is 0.303. The Bertz CT molecular complexity index is 1380. The van der Waals surface area contributed by atoms with E-state index in [2.05, 4.69) is 44.6 Å². The lowest BCUT2D eigenvalue weighted by molar-refractivity contribution is 0.102. The summed E-state index contributed by atoms with van der Waals surface area (Å²) in [5.74, 6) is -0.362. The summed E-state index contributed by atoms with van der Waals surface area (Å²) in [5.41, 5.74) is 3.92. The fraction of sp³-hybridized carbons (Fsp3) is 0.192. The fourth-order valence-electron chi connectivity index (χ4n) is 4.16. The van der Waals surface area contributed by atoms with Crippen LogP contribution in [0.3, 0.4) is 0 Å². The van der Waals surface area contributed by atoms with Gasteiger partial charge in [0.05, 0.1) is 22.5 Å². The Hall–Kier alpha value is -3.95. The van der Waals surface area contributed by atoms with Crippen molar-refractivity contribution in [1.82, 2.24) is 9.88 Å². The van der Waals surface area contributed by atoms with E-state index in [0.29, 0.717) is 16.9 Å². The van der Waals surface area contributed by atoms with E-state index in [9.17, 15) is 14.7 Å². The molecule has 1 aliphatic heterocycles. The number of pyridine rings is 1. The molecule has 8 nitrogen and oxygen atoms in total. The average Bonchev–Trinajstić information content (AvgIpc) is 3.40. The predicted octanol–water partition coefficient (Wildman–Crippen LogP) is 5.06. The van der Waals surface area contributed by atoms with Gasteiger partial charge in [-0.15, -0.1) is 11.3 Å². The van der Waals surface area contributed by atoms with Crippen LogP contribution in [0.4, 0.5) is 21.9 Å². The first-order valence-electron chi connectivity index (χ1n) is 11.3. The molecule has 9 heteroatoms. The molecule has 0 unspecified atom stereocenters. The van der Waals surface area contributed by atoms with Gasteiger partial charge in [-0.05, 0) is 54.4 Å². The molecule has 1 saturated heterocycles. The van der Waals surface area contributed by atoms with Gasteiger partial charge in [0.1, 0.15) is 0 Å². The molecule has 1 fully saturated rings. The molecule has 178 valence electrons. The zero-order valence-electron chi connectivity index (χ0n) is 19.2. The maximum absolute atomic E-state index is 13.1. The Morgan fingerprint density at radius 1 is 0.971 bits per heavy atom. The average molecular weight is 488 g/mol. The van der Waals surface area contributed by atoms with Gasteiger partial charge in [-0.2, -0.15) is 0 Å². The summed E-state index contributed by atoms with van der Waals surface area (Å²) in [6, 6.07) is 17.1. The highest BCUT2D eigenvalue weighted by Crippen LogP contribution is 2.32. The molecular weight excluding hydrogens is 462 g/mol. The van der Waals surface area contributed by atoms with Crippen LogP contribution in [0.5, 0.6) is 0 Å². The van der Waals surface area contributed by atoms with Crippen LogP contribution in [0, 0.1) is 0 Å². The molecule has 4 aromatic rings. The number of likely N-dealkylation sites (N-methyl/N-ethyl adjacent to an activating group) is 1. The molecule has 0 spiro atoms. The van der Waals surface area contributed by atoms with Crippen molar-refractivity contribution in [3.8, 4) is 10.4 Å². The number of nitrogens with zero attached hydrogens (tertiary/aromatic N) is 3. The zero-order valence-corrected chi connectivity index (χ0v) is 20.0. The topological polar surface area (TPSA) is 97.8 Å². The van der Waals surface area contributed by atoms with Crippen molar-refractivity contribution in [1.29, 1.82) is 0 Å². The minimum atomic E-state index is -1.20. The third-order valence-corrected chi connectivity index (χ3v) is 7.03. The van der Waals surface area contributed by atoms with Crippen LogP contribution in [0.2, 0.25) is 0 Å². The molecule has 3 heterocycles. The molecule has 1 aliphatic rings. The van der Waals surface area contributed by atoms with E-state index < -0.39 is 6.09 Å². The van der Waals surface area contributed by atoms with E-state index in [1.807, 2.05) is 29.6 Å². The number of nitrogens with one attached hydrogen (secondary N) is 2. The molecule has 0 saturated carbocycles. The van der Waals surface area contributed by atoms with Crippen molar-refractivity contribution in [2.45, 2.75) is 0 Å². The number of piperazine rings is 1. The fourth-order valence-corrected chi connectivity index (χ4v) is 4.88. The summed E-state index contributed by atoms with van der Waals surface area (Å²) in [7, 11) is 2.13. The van der Waals surface area contributed by atoms with Crippen LogP contribution >= 0.6 is 11.3 Å². The van der Waals surface area contributed by atoms with Crippen molar-refractivity contribution in [3.63, 3.8) is 0 Å². The number of carboxylic acid groups (broad SMARTS) is 1. The third-order valence-electron chi connectivity index (χ3n) is 6.11. The number of carbonyl (C=O) groups is 2. The maximum Gasteiger partial charge on any atom is 0.409 e. The lowest BCUT2D eigenvalue weighted by atomic mass is 10.1. The molecule has 2 amide bonds. The number of thiophene rings is 1. The molecule has 2 aromatic carbocycles. The van der Waals surface area contributed by atoms with Gasteiger partial charge in [0, 0.05) is 48.3 Å². The monoisotopic (exact) mass is 487 g/mol. The number of carbonyl (C=O) groups excluding carboxylic acids is 1. The highest BCUT2D eigenvalue weighted by molar-refractivity contribution is 7.13. The minimum Gasteiger partial charge on any atom is -0.465 e. The van der Waals surface area contributed by atoms with Crippen LogP contribution in [0.1, 0.15) is 10.4 Å². The van der Waals surface area contributed by atoms with Gasteiger partial charge in [-0.3, -0.25) is 15.1 Å². The molecule has 0 radical (unpaired) electrons. The molecule has 0 atom stereocenters. The van der Waals surface area contributed by atoms with Crippen LogP contribution in [-0.4, -0.2) is 60.2 Å². The van der Waals surface area contributed by atoms with E-state index in [0.717, 1.165) is 53.2 Å². The molecule has 35 heavy (non-hydrogen) atoms. The van der Waals surface area contributed by atoms with E-state index in [1.165, 1.54) is 0 Å². The quantitative estimate of drug-likeness (QED) is 0.364. The van der Waals surface area contributed by atoms with Gasteiger partial charge in [0.25, 0.3) is 5.91 Å². The standard InChI is InChI=1S/C26H25N5O3S/c1-30-8-10-31(11-9-30)20-6-4-17-13-19(16-27-22(17)15-20)25(32)28-23-14-18(24-3-2-12-35-24)5-7-21(23)29-26(33)34/h2-7,12-16,29H,8-11H2,1H3,(H,28,32)(H,33,34). The van der Waals surface area contributed by atoms with Gasteiger partial charge in [-0.1, -0.05) is 18.2 Å². The van der Waals surface area contributed by atoms with Crippen molar-refractivity contribution >= 4 is 51.3 Å². The number of benzene rings is 2. The summed E-state index contributed by atoms with van der Waals surface area (Å²) in [6.07, 6.45) is 0.353. The first kappa shape index (κ1) is 22.8. The van der Waals surface area contributed by atoms with Gasteiger partial charge in [0.15, 0.2) is 0 Å².